The number of amides is 1. The van der Waals surface area contributed by atoms with Crippen molar-refractivity contribution in [3.63, 3.8) is 0 Å². The predicted molar refractivity (Wildman–Crippen MR) is 98.2 cm³/mol. The zero-order valence-electron chi connectivity index (χ0n) is 14.4. The van der Waals surface area contributed by atoms with Crippen LogP contribution in [0.2, 0.25) is 5.15 Å². The highest BCUT2D eigenvalue weighted by Gasteiger charge is 2.26. The second kappa shape index (κ2) is 9.32. The first-order valence-electron chi connectivity index (χ1n) is 8.10. The second-order valence-corrected chi connectivity index (χ2v) is 7.12. The van der Waals surface area contributed by atoms with Crippen molar-refractivity contribution in [1.29, 1.82) is 0 Å². The highest BCUT2D eigenvalue weighted by Crippen LogP contribution is 2.27. The van der Waals surface area contributed by atoms with E-state index in [4.69, 9.17) is 11.6 Å². The molecule has 0 N–H and O–H groups in total. The van der Waals surface area contributed by atoms with Crippen LogP contribution in [0.3, 0.4) is 0 Å². The molecule has 0 aliphatic rings. The van der Waals surface area contributed by atoms with E-state index < -0.39 is 12.6 Å². The Labute approximate surface area is 163 Å². The number of carbonyl (C=O) groups is 1. The lowest BCUT2D eigenvalue weighted by Gasteiger charge is -2.19. The van der Waals surface area contributed by atoms with Crippen LogP contribution < -0.4 is 9.63 Å². The molecule has 148 valence electrons. The monoisotopic (exact) mass is 422 g/mol. The minimum Gasteiger partial charge on any atom is -0.619 e. The second-order valence-electron chi connectivity index (χ2n) is 5.54. The van der Waals surface area contributed by atoms with Crippen molar-refractivity contribution in [3.8, 4) is 5.69 Å². The third kappa shape index (κ3) is 6.31. The lowest BCUT2D eigenvalue weighted by molar-refractivity contribution is -0.605. The Morgan fingerprint density at radius 3 is 2.81 bits per heavy atom. The molecule has 0 radical (unpaired) electrons. The Morgan fingerprint density at radius 2 is 2.19 bits per heavy atom. The number of rotatable bonds is 8. The van der Waals surface area contributed by atoms with Crippen molar-refractivity contribution in [2.75, 3.05) is 23.0 Å². The van der Waals surface area contributed by atoms with Crippen molar-refractivity contribution < 1.29 is 22.7 Å². The molecule has 0 unspecified atom stereocenters. The molecule has 2 aromatic rings. The van der Waals surface area contributed by atoms with Crippen LogP contribution in [-0.2, 0) is 4.79 Å². The summed E-state index contributed by atoms with van der Waals surface area (Å²) in [5.74, 6) is -0.0537. The number of thioether (sulfide) groups is 1. The molecule has 1 amide bonds. The normalized spacial score (nSPS) is 11.6. The SMILES string of the molecule is CCN(C(=O)CCSCCC(F)(F)F)c1cn(-c2ccc[n+]([O-])c2)nc1Cl. The maximum atomic E-state index is 12.4. The van der Waals surface area contributed by atoms with Gasteiger partial charge in [0.2, 0.25) is 12.1 Å². The Balaban J connectivity index is 2.01. The van der Waals surface area contributed by atoms with Crippen molar-refractivity contribution in [1.82, 2.24) is 9.78 Å². The average molecular weight is 423 g/mol. The summed E-state index contributed by atoms with van der Waals surface area (Å²) in [5, 5.41) is 15.6. The lowest BCUT2D eigenvalue weighted by Crippen LogP contribution is -2.30. The van der Waals surface area contributed by atoms with Crippen molar-refractivity contribution >= 4 is 35.0 Å². The van der Waals surface area contributed by atoms with E-state index >= 15 is 0 Å². The van der Waals surface area contributed by atoms with Crippen molar-refractivity contribution in [2.45, 2.75) is 25.9 Å². The molecule has 27 heavy (non-hydrogen) atoms. The van der Waals surface area contributed by atoms with Gasteiger partial charge in [0.15, 0.2) is 11.3 Å². The number of nitrogens with zero attached hydrogens (tertiary/aromatic N) is 4. The van der Waals surface area contributed by atoms with Crippen LogP contribution in [0.5, 0.6) is 0 Å². The van der Waals surface area contributed by atoms with Gasteiger partial charge in [-0.2, -0.15) is 34.8 Å². The molecular formula is C16H18ClF3N4O2S. The number of alkyl halides is 3. The molecule has 6 nitrogen and oxygen atoms in total. The molecule has 0 spiro atoms. The number of anilines is 1. The number of hydrogen-bond donors (Lipinski definition) is 0. The molecule has 11 heteroatoms. The molecule has 0 aliphatic heterocycles. The van der Waals surface area contributed by atoms with Gasteiger partial charge < -0.3 is 10.1 Å². The third-order valence-corrected chi connectivity index (χ3v) is 4.83. The maximum absolute atomic E-state index is 12.4. The van der Waals surface area contributed by atoms with E-state index in [0.29, 0.717) is 22.6 Å². The molecule has 0 bridgehead atoms. The molecule has 0 saturated heterocycles. The Kier molecular flexibility index (Phi) is 7.37. The van der Waals surface area contributed by atoms with Gasteiger partial charge in [-0.1, -0.05) is 11.6 Å². The summed E-state index contributed by atoms with van der Waals surface area (Å²) in [7, 11) is 0. The number of halogens is 4. The van der Waals surface area contributed by atoms with E-state index in [1.165, 1.54) is 28.2 Å². The van der Waals surface area contributed by atoms with Crippen LogP contribution in [0, 0.1) is 5.21 Å². The van der Waals surface area contributed by atoms with E-state index in [2.05, 4.69) is 5.10 Å². The maximum Gasteiger partial charge on any atom is 0.389 e. The number of aromatic nitrogens is 3. The largest absolute Gasteiger partial charge is 0.619 e. The van der Waals surface area contributed by atoms with Crippen molar-refractivity contribution in [2.24, 2.45) is 0 Å². The summed E-state index contributed by atoms with van der Waals surface area (Å²) in [6.07, 6.45) is -0.803. The van der Waals surface area contributed by atoms with Crippen LogP contribution in [0.15, 0.2) is 30.7 Å². The predicted octanol–water partition coefficient (Wildman–Crippen LogP) is 3.59. The van der Waals surface area contributed by atoms with Gasteiger partial charge in [-0.15, -0.1) is 0 Å². The van der Waals surface area contributed by atoms with Gasteiger partial charge in [0.25, 0.3) is 0 Å². The molecule has 0 atom stereocenters. The van der Waals surface area contributed by atoms with Crippen LogP contribution >= 0.6 is 23.4 Å². The first kappa shape index (κ1) is 21.4. The summed E-state index contributed by atoms with van der Waals surface area (Å²) in [5.41, 5.74) is 0.859. The molecule has 2 aromatic heterocycles. The highest BCUT2D eigenvalue weighted by atomic mass is 35.5. The smallest absolute Gasteiger partial charge is 0.389 e. The Morgan fingerprint density at radius 1 is 1.44 bits per heavy atom. The van der Waals surface area contributed by atoms with E-state index in [1.807, 2.05) is 0 Å². The average Bonchev–Trinajstić information content (AvgIpc) is 2.96. The zero-order valence-corrected chi connectivity index (χ0v) is 16.0. The summed E-state index contributed by atoms with van der Waals surface area (Å²) >= 11 is 7.23. The van der Waals surface area contributed by atoms with E-state index in [0.717, 1.165) is 11.8 Å². The van der Waals surface area contributed by atoms with Gasteiger partial charge in [-0.05, 0) is 13.0 Å². The molecule has 0 aromatic carbocycles. The van der Waals surface area contributed by atoms with E-state index in [-0.39, 0.29) is 29.0 Å². The molecule has 2 rings (SSSR count). The summed E-state index contributed by atoms with van der Waals surface area (Å²) < 4.78 is 38.4. The first-order valence-corrected chi connectivity index (χ1v) is 9.63. The van der Waals surface area contributed by atoms with E-state index in [9.17, 15) is 23.2 Å². The van der Waals surface area contributed by atoms with Gasteiger partial charge in [0.1, 0.15) is 11.4 Å². The minimum absolute atomic E-state index is 0.0786. The fraction of sp³-hybridized carbons (Fsp3) is 0.438. The van der Waals surface area contributed by atoms with Gasteiger partial charge in [-0.3, -0.25) is 4.79 Å². The van der Waals surface area contributed by atoms with E-state index in [1.54, 1.807) is 19.1 Å². The minimum atomic E-state index is -4.19. The van der Waals surface area contributed by atoms with Crippen LogP contribution in [0.4, 0.5) is 18.9 Å². The first-order chi connectivity index (χ1) is 12.7. The number of carbonyl (C=O) groups excluding carboxylic acids is 1. The lowest BCUT2D eigenvalue weighted by atomic mass is 10.3. The summed E-state index contributed by atoms with van der Waals surface area (Å²) in [4.78, 5) is 13.8. The fourth-order valence-corrected chi connectivity index (χ4v) is 3.43. The van der Waals surface area contributed by atoms with Crippen molar-refractivity contribution in [3.05, 3.63) is 41.1 Å². The Hall–Kier alpha value is -1.94. The topological polar surface area (TPSA) is 65.1 Å². The fourth-order valence-electron chi connectivity index (χ4n) is 2.30. The zero-order chi connectivity index (χ0) is 20.0. The third-order valence-electron chi connectivity index (χ3n) is 3.57. The summed E-state index contributed by atoms with van der Waals surface area (Å²) in [6.45, 7) is 2.09. The summed E-state index contributed by atoms with van der Waals surface area (Å²) in [6, 6.07) is 3.22. The molecule has 0 saturated carbocycles. The van der Waals surface area contributed by atoms with Gasteiger partial charge in [-0.25, -0.2) is 4.68 Å². The molecular weight excluding hydrogens is 405 g/mol. The van der Waals surface area contributed by atoms with Crippen LogP contribution in [-0.4, -0.2) is 39.9 Å². The van der Waals surface area contributed by atoms with Gasteiger partial charge in [0.05, 0.1) is 12.6 Å². The van der Waals surface area contributed by atoms with Crippen LogP contribution in [0.25, 0.3) is 5.69 Å². The highest BCUT2D eigenvalue weighted by molar-refractivity contribution is 7.99. The standard InChI is InChI=1S/C16H18ClF3N4O2S/c1-2-23(14(25)5-8-27-9-6-16(18,19)20)13-11-24(21-15(13)17)12-4-3-7-22(26)10-12/h3-4,7,10-11H,2,5-6,8-9H2,1H3. The van der Waals surface area contributed by atoms with Crippen LogP contribution in [0.1, 0.15) is 19.8 Å². The molecule has 0 aliphatic carbocycles. The quantitative estimate of drug-likeness (QED) is 0.370. The molecule has 0 fully saturated rings. The van der Waals surface area contributed by atoms with Gasteiger partial charge >= 0.3 is 6.18 Å². The van der Waals surface area contributed by atoms with Gasteiger partial charge in [0, 0.05) is 30.5 Å². The number of hydrogen-bond acceptors (Lipinski definition) is 4. The number of pyridine rings is 1. The Bertz CT molecular complexity index is 785. The molecule has 2 heterocycles.